The number of nitrogens with zero attached hydrogens (tertiary/aromatic N) is 2. The van der Waals surface area contributed by atoms with Crippen LogP contribution in [0.1, 0.15) is 25.6 Å². The Kier molecular flexibility index (Phi) is 4.92. The summed E-state index contributed by atoms with van der Waals surface area (Å²) in [5, 5.41) is 2.95. The molecule has 0 aliphatic rings. The maximum Gasteiger partial charge on any atom is 0.258 e. The Bertz CT molecular complexity index is 1240. The van der Waals surface area contributed by atoms with E-state index >= 15 is 0 Å². The first-order chi connectivity index (χ1) is 14.0. The molecule has 3 aromatic heterocycles. The van der Waals surface area contributed by atoms with Crippen molar-refractivity contribution in [1.29, 1.82) is 0 Å². The number of amides is 1. The largest absolute Gasteiger partial charge is 0.463 e. The van der Waals surface area contributed by atoms with Crippen molar-refractivity contribution in [3.63, 3.8) is 0 Å². The summed E-state index contributed by atoms with van der Waals surface area (Å²) >= 11 is 1.07. The molecule has 8 heteroatoms. The smallest absolute Gasteiger partial charge is 0.258 e. The molecule has 144 valence electrons. The number of furan rings is 1. The van der Waals surface area contributed by atoms with Gasteiger partial charge in [-0.3, -0.25) is 19.7 Å². The Hall–Kier alpha value is -3.78. The number of thiazole rings is 1. The van der Waals surface area contributed by atoms with Crippen molar-refractivity contribution in [3.05, 3.63) is 93.4 Å². The Morgan fingerprint density at radius 3 is 2.52 bits per heavy atom. The normalized spacial score (nSPS) is 10.7. The van der Waals surface area contributed by atoms with Crippen LogP contribution < -0.4 is 10.9 Å². The lowest BCUT2D eigenvalue weighted by Crippen LogP contribution is -2.19. The lowest BCUT2D eigenvalue weighted by molar-refractivity contribution is 0.102. The van der Waals surface area contributed by atoms with Gasteiger partial charge in [-0.15, -0.1) is 0 Å². The maximum atomic E-state index is 13.0. The molecule has 7 nitrogen and oxygen atoms in total. The topological polar surface area (TPSA) is 94.2 Å². The van der Waals surface area contributed by atoms with Crippen molar-refractivity contribution in [2.45, 2.75) is 0 Å². The van der Waals surface area contributed by atoms with Gasteiger partial charge in [0.05, 0.1) is 11.8 Å². The molecule has 0 aliphatic carbocycles. The second-order valence-corrected chi connectivity index (χ2v) is 7.19. The van der Waals surface area contributed by atoms with Crippen molar-refractivity contribution < 1.29 is 14.0 Å². The summed E-state index contributed by atoms with van der Waals surface area (Å²) in [6.45, 7) is 0. The molecule has 4 rings (SSSR count). The van der Waals surface area contributed by atoms with Crippen molar-refractivity contribution in [3.8, 4) is 11.5 Å². The molecule has 0 saturated carbocycles. The first-order valence-electron chi connectivity index (χ1n) is 8.65. The van der Waals surface area contributed by atoms with Crippen molar-refractivity contribution in [2.75, 3.05) is 5.32 Å². The van der Waals surface area contributed by atoms with Gasteiger partial charge in [0.15, 0.2) is 10.9 Å². The van der Waals surface area contributed by atoms with Gasteiger partial charge < -0.3 is 8.98 Å². The van der Waals surface area contributed by atoms with Crippen LogP contribution in [0.4, 0.5) is 5.13 Å². The third kappa shape index (κ3) is 3.78. The summed E-state index contributed by atoms with van der Waals surface area (Å²) in [6.07, 6.45) is 2.93. The van der Waals surface area contributed by atoms with Gasteiger partial charge >= 0.3 is 0 Å². The fourth-order valence-electron chi connectivity index (χ4n) is 2.73. The van der Waals surface area contributed by atoms with E-state index in [1.54, 1.807) is 43.4 Å². The van der Waals surface area contributed by atoms with Crippen molar-refractivity contribution >= 4 is 28.2 Å². The SMILES string of the molecule is Cn1cc(C(=O)Nc2nc(-c3ccco3)c(C(=O)c3ccccc3)s2)ccc1=O. The zero-order valence-corrected chi connectivity index (χ0v) is 16.1. The number of aromatic nitrogens is 2. The molecule has 3 heterocycles. The van der Waals surface area contributed by atoms with Crippen LogP contribution in [0.5, 0.6) is 0 Å². The molecule has 4 aromatic rings. The minimum absolute atomic E-state index is 0.211. The highest BCUT2D eigenvalue weighted by Crippen LogP contribution is 2.33. The van der Waals surface area contributed by atoms with E-state index in [-0.39, 0.29) is 16.5 Å². The summed E-state index contributed by atoms with van der Waals surface area (Å²) in [6, 6.07) is 15.0. The van der Waals surface area contributed by atoms with Crippen LogP contribution in [0.25, 0.3) is 11.5 Å². The molecule has 0 bridgehead atoms. The van der Waals surface area contributed by atoms with E-state index in [0.29, 0.717) is 27.5 Å². The first-order valence-corrected chi connectivity index (χ1v) is 9.47. The number of benzene rings is 1. The van der Waals surface area contributed by atoms with Gasteiger partial charge in [-0.1, -0.05) is 41.7 Å². The van der Waals surface area contributed by atoms with Crippen LogP contribution in [0.2, 0.25) is 0 Å². The lowest BCUT2D eigenvalue weighted by Gasteiger charge is -2.03. The van der Waals surface area contributed by atoms with Gasteiger partial charge in [-0.2, -0.15) is 0 Å². The molecule has 0 atom stereocenters. The van der Waals surface area contributed by atoms with E-state index in [1.165, 1.54) is 29.2 Å². The van der Waals surface area contributed by atoms with Gasteiger partial charge in [0.2, 0.25) is 11.3 Å². The molecule has 0 saturated heterocycles. The third-order valence-corrected chi connectivity index (χ3v) is 5.16. The maximum absolute atomic E-state index is 13.0. The van der Waals surface area contributed by atoms with Gasteiger partial charge in [-0.05, 0) is 18.2 Å². The van der Waals surface area contributed by atoms with Gasteiger partial charge in [0.25, 0.3) is 5.91 Å². The number of pyridine rings is 1. The third-order valence-electron chi connectivity index (χ3n) is 4.19. The molecule has 1 aromatic carbocycles. The predicted molar refractivity (Wildman–Crippen MR) is 109 cm³/mol. The van der Waals surface area contributed by atoms with E-state index < -0.39 is 5.91 Å². The molecule has 0 fully saturated rings. The number of carbonyl (C=O) groups excluding carboxylic acids is 2. The van der Waals surface area contributed by atoms with E-state index in [4.69, 9.17) is 4.42 Å². The molecule has 29 heavy (non-hydrogen) atoms. The quantitative estimate of drug-likeness (QED) is 0.512. The lowest BCUT2D eigenvalue weighted by atomic mass is 10.1. The minimum atomic E-state index is -0.431. The monoisotopic (exact) mass is 405 g/mol. The molecular formula is C21H15N3O4S. The fourth-order valence-corrected chi connectivity index (χ4v) is 3.65. The Balaban J connectivity index is 1.70. The summed E-state index contributed by atoms with van der Waals surface area (Å²) in [5.41, 5.74) is 0.967. The van der Waals surface area contributed by atoms with Gasteiger partial charge in [-0.25, -0.2) is 4.98 Å². The molecule has 1 amide bonds. The second-order valence-electron chi connectivity index (χ2n) is 6.19. The highest BCUT2D eigenvalue weighted by atomic mass is 32.1. The standard InChI is InChI=1S/C21H15N3O4S/c1-24-12-14(9-10-16(24)25)20(27)23-21-22-17(15-8-5-11-28-15)19(29-21)18(26)13-6-3-2-4-7-13/h2-12H,1H3,(H,22,23,27). The van der Waals surface area contributed by atoms with Crippen LogP contribution >= 0.6 is 11.3 Å². The molecule has 0 unspecified atom stereocenters. The highest BCUT2D eigenvalue weighted by molar-refractivity contribution is 7.18. The molecule has 0 aliphatic heterocycles. The molecule has 0 spiro atoms. The van der Waals surface area contributed by atoms with Crippen LogP contribution in [-0.4, -0.2) is 21.2 Å². The Morgan fingerprint density at radius 1 is 1.03 bits per heavy atom. The van der Waals surface area contributed by atoms with Crippen LogP contribution in [0, 0.1) is 0 Å². The number of carbonyl (C=O) groups is 2. The van der Waals surface area contributed by atoms with E-state index in [2.05, 4.69) is 10.3 Å². The van der Waals surface area contributed by atoms with Crippen molar-refractivity contribution in [2.24, 2.45) is 7.05 Å². The zero-order valence-electron chi connectivity index (χ0n) is 15.3. The minimum Gasteiger partial charge on any atom is -0.463 e. The average Bonchev–Trinajstić information content (AvgIpc) is 3.40. The summed E-state index contributed by atoms with van der Waals surface area (Å²) in [7, 11) is 1.56. The first kappa shape index (κ1) is 18.6. The highest BCUT2D eigenvalue weighted by Gasteiger charge is 2.23. The zero-order chi connectivity index (χ0) is 20.4. The Labute approximate surface area is 169 Å². The summed E-state index contributed by atoms with van der Waals surface area (Å²) in [5.74, 6) is -0.209. The van der Waals surface area contributed by atoms with E-state index in [9.17, 15) is 14.4 Å². The second kappa shape index (κ2) is 7.69. The van der Waals surface area contributed by atoms with Crippen molar-refractivity contribution in [1.82, 2.24) is 9.55 Å². The fraction of sp³-hybridized carbons (Fsp3) is 0.0476. The van der Waals surface area contributed by atoms with Crippen LogP contribution in [0.3, 0.4) is 0 Å². The number of hydrogen-bond acceptors (Lipinski definition) is 6. The average molecular weight is 405 g/mol. The number of anilines is 1. The number of aryl methyl sites for hydroxylation is 1. The van der Waals surface area contributed by atoms with E-state index in [1.807, 2.05) is 6.07 Å². The van der Waals surface area contributed by atoms with Crippen LogP contribution in [0.15, 0.2) is 76.3 Å². The number of hydrogen-bond donors (Lipinski definition) is 1. The molecule has 1 N–H and O–H groups in total. The number of nitrogens with one attached hydrogen (secondary N) is 1. The Morgan fingerprint density at radius 2 is 1.83 bits per heavy atom. The molecular weight excluding hydrogens is 390 g/mol. The predicted octanol–water partition coefficient (Wildman–Crippen LogP) is 3.59. The number of ketones is 1. The van der Waals surface area contributed by atoms with E-state index in [0.717, 1.165) is 11.3 Å². The van der Waals surface area contributed by atoms with Crippen LogP contribution in [-0.2, 0) is 7.05 Å². The number of rotatable bonds is 5. The van der Waals surface area contributed by atoms with Gasteiger partial charge in [0.1, 0.15) is 10.6 Å². The molecule has 0 radical (unpaired) electrons. The van der Waals surface area contributed by atoms with Gasteiger partial charge in [0, 0.05) is 24.9 Å². The summed E-state index contributed by atoms with van der Waals surface area (Å²) in [4.78, 5) is 41.8. The summed E-state index contributed by atoms with van der Waals surface area (Å²) < 4.78 is 6.73.